The summed E-state index contributed by atoms with van der Waals surface area (Å²) in [5, 5.41) is 0. The molecule has 2 heteroatoms. The van der Waals surface area contributed by atoms with Crippen LogP contribution in [0.4, 0.5) is 0 Å². The van der Waals surface area contributed by atoms with Gasteiger partial charge in [-0.3, -0.25) is 4.79 Å². The zero-order valence-corrected chi connectivity index (χ0v) is 10.4. The molecule has 0 heterocycles. The first-order chi connectivity index (χ1) is 7.57. The van der Waals surface area contributed by atoms with Gasteiger partial charge in [0.05, 0.1) is 6.04 Å². The molecule has 0 saturated heterocycles. The number of aryl methyl sites for hydroxylation is 1. The van der Waals surface area contributed by atoms with Crippen LogP contribution in [0.2, 0.25) is 0 Å². The monoisotopic (exact) mass is 219 g/mol. The lowest BCUT2D eigenvalue weighted by molar-refractivity contribution is -0.123. The van der Waals surface area contributed by atoms with Crippen molar-refractivity contribution in [1.82, 2.24) is 0 Å². The second kappa shape index (κ2) is 5.80. The molecule has 0 aromatic heterocycles. The molecule has 0 aliphatic heterocycles. The van der Waals surface area contributed by atoms with Crippen LogP contribution in [0.1, 0.15) is 44.4 Å². The maximum atomic E-state index is 11.9. The SMILES string of the molecule is CCCc1ccccc1C(N)C(=O)C(C)C. The van der Waals surface area contributed by atoms with Gasteiger partial charge in [-0.2, -0.15) is 0 Å². The molecule has 0 aliphatic rings. The minimum Gasteiger partial charge on any atom is -0.318 e. The summed E-state index contributed by atoms with van der Waals surface area (Å²) < 4.78 is 0. The van der Waals surface area contributed by atoms with Gasteiger partial charge in [0.15, 0.2) is 5.78 Å². The molecule has 0 aliphatic carbocycles. The third kappa shape index (κ3) is 2.92. The molecule has 1 atom stereocenters. The van der Waals surface area contributed by atoms with E-state index in [4.69, 9.17) is 5.73 Å². The van der Waals surface area contributed by atoms with Crippen LogP contribution in [-0.2, 0) is 11.2 Å². The van der Waals surface area contributed by atoms with Crippen LogP contribution in [0.15, 0.2) is 24.3 Å². The van der Waals surface area contributed by atoms with Gasteiger partial charge in [0.1, 0.15) is 0 Å². The standard InChI is InChI=1S/C14H21NO/c1-4-7-11-8-5-6-9-12(11)13(15)14(16)10(2)3/h5-6,8-10,13H,4,7,15H2,1-3H3. The van der Waals surface area contributed by atoms with Crippen molar-refractivity contribution < 1.29 is 4.79 Å². The molecule has 2 N–H and O–H groups in total. The first kappa shape index (κ1) is 12.9. The number of carbonyl (C=O) groups is 1. The van der Waals surface area contributed by atoms with E-state index < -0.39 is 6.04 Å². The van der Waals surface area contributed by atoms with Crippen molar-refractivity contribution >= 4 is 5.78 Å². The van der Waals surface area contributed by atoms with Crippen LogP contribution in [0, 0.1) is 5.92 Å². The normalized spacial score (nSPS) is 12.8. The summed E-state index contributed by atoms with van der Waals surface area (Å²) in [7, 11) is 0. The number of hydrogen-bond donors (Lipinski definition) is 1. The molecule has 0 bridgehead atoms. The first-order valence-electron chi connectivity index (χ1n) is 5.95. The summed E-state index contributed by atoms with van der Waals surface area (Å²) in [5.41, 5.74) is 8.21. The molecule has 0 amide bonds. The molecule has 0 fully saturated rings. The maximum absolute atomic E-state index is 11.9. The topological polar surface area (TPSA) is 43.1 Å². The largest absolute Gasteiger partial charge is 0.318 e. The number of nitrogens with two attached hydrogens (primary N) is 1. The van der Waals surface area contributed by atoms with Gasteiger partial charge in [-0.05, 0) is 17.5 Å². The highest BCUT2D eigenvalue weighted by atomic mass is 16.1. The predicted molar refractivity (Wildman–Crippen MR) is 67.2 cm³/mol. The molecule has 16 heavy (non-hydrogen) atoms. The second-order valence-corrected chi connectivity index (χ2v) is 4.48. The summed E-state index contributed by atoms with van der Waals surface area (Å²) >= 11 is 0. The lowest BCUT2D eigenvalue weighted by Crippen LogP contribution is -2.26. The summed E-state index contributed by atoms with van der Waals surface area (Å²) in [6, 6.07) is 7.51. The van der Waals surface area contributed by atoms with E-state index in [1.165, 1.54) is 5.56 Å². The number of ketones is 1. The number of rotatable bonds is 5. The average Bonchev–Trinajstić information content (AvgIpc) is 2.28. The smallest absolute Gasteiger partial charge is 0.156 e. The van der Waals surface area contributed by atoms with E-state index in [1.807, 2.05) is 32.0 Å². The molecule has 1 rings (SSSR count). The fourth-order valence-corrected chi connectivity index (χ4v) is 1.85. The Labute approximate surface area is 97.9 Å². The van der Waals surface area contributed by atoms with Crippen molar-refractivity contribution in [3.63, 3.8) is 0 Å². The van der Waals surface area contributed by atoms with Crippen molar-refractivity contribution in [2.75, 3.05) is 0 Å². The van der Waals surface area contributed by atoms with E-state index in [0.717, 1.165) is 18.4 Å². The summed E-state index contributed by atoms with van der Waals surface area (Å²) in [5.74, 6) is 0.105. The third-order valence-electron chi connectivity index (χ3n) is 2.79. The first-order valence-corrected chi connectivity index (χ1v) is 5.95. The Morgan fingerprint density at radius 1 is 1.31 bits per heavy atom. The Hall–Kier alpha value is -1.15. The quantitative estimate of drug-likeness (QED) is 0.827. The van der Waals surface area contributed by atoms with Crippen molar-refractivity contribution in [2.45, 2.75) is 39.7 Å². The highest BCUT2D eigenvalue weighted by Gasteiger charge is 2.20. The minimum atomic E-state index is -0.470. The van der Waals surface area contributed by atoms with E-state index in [1.54, 1.807) is 0 Å². The maximum Gasteiger partial charge on any atom is 0.156 e. The highest BCUT2D eigenvalue weighted by Crippen LogP contribution is 2.20. The summed E-state index contributed by atoms with van der Waals surface area (Å²) in [6.45, 7) is 5.92. The molecule has 1 aromatic rings. The third-order valence-corrected chi connectivity index (χ3v) is 2.79. The van der Waals surface area contributed by atoms with Gasteiger partial charge in [0, 0.05) is 5.92 Å². The molecule has 0 saturated carbocycles. The van der Waals surface area contributed by atoms with Crippen LogP contribution >= 0.6 is 0 Å². The van der Waals surface area contributed by atoms with E-state index in [9.17, 15) is 4.79 Å². The van der Waals surface area contributed by atoms with Crippen molar-refractivity contribution in [2.24, 2.45) is 11.7 Å². The zero-order valence-electron chi connectivity index (χ0n) is 10.4. The van der Waals surface area contributed by atoms with Crippen molar-refractivity contribution in [3.8, 4) is 0 Å². The molecule has 0 spiro atoms. The van der Waals surface area contributed by atoms with E-state index in [0.29, 0.717) is 0 Å². The van der Waals surface area contributed by atoms with Crippen molar-refractivity contribution in [3.05, 3.63) is 35.4 Å². The summed E-state index contributed by atoms with van der Waals surface area (Å²) in [6.07, 6.45) is 2.05. The molecule has 0 radical (unpaired) electrons. The molecule has 2 nitrogen and oxygen atoms in total. The molecule has 1 aromatic carbocycles. The van der Waals surface area contributed by atoms with Gasteiger partial charge in [0.25, 0.3) is 0 Å². The van der Waals surface area contributed by atoms with Crippen LogP contribution < -0.4 is 5.73 Å². The number of benzene rings is 1. The Kier molecular flexibility index (Phi) is 4.69. The van der Waals surface area contributed by atoms with E-state index in [2.05, 4.69) is 13.0 Å². The number of carbonyl (C=O) groups excluding carboxylic acids is 1. The van der Waals surface area contributed by atoms with Gasteiger partial charge in [-0.25, -0.2) is 0 Å². The fourth-order valence-electron chi connectivity index (χ4n) is 1.85. The lowest BCUT2D eigenvalue weighted by Gasteiger charge is -2.17. The van der Waals surface area contributed by atoms with Crippen LogP contribution in [0.3, 0.4) is 0 Å². The molecule has 1 unspecified atom stereocenters. The molecular weight excluding hydrogens is 198 g/mol. The Balaban J connectivity index is 2.98. The minimum absolute atomic E-state index is 0.00955. The summed E-state index contributed by atoms with van der Waals surface area (Å²) in [4.78, 5) is 11.9. The van der Waals surface area contributed by atoms with Gasteiger partial charge < -0.3 is 5.73 Å². The van der Waals surface area contributed by atoms with Crippen LogP contribution in [-0.4, -0.2) is 5.78 Å². The Bertz CT molecular complexity index is 358. The average molecular weight is 219 g/mol. The van der Waals surface area contributed by atoms with Gasteiger partial charge in [-0.1, -0.05) is 51.5 Å². The Morgan fingerprint density at radius 3 is 2.50 bits per heavy atom. The van der Waals surface area contributed by atoms with E-state index in [-0.39, 0.29) is 11.7 Å². The lowest BCUT2D eigenvalue weighted by atomic mass is 9.91. The number of Topliss-reactive ketones (excluding diaryl/α,β-unsaturated/α-hetero) is 1. The van der Waals surface area contributed by atoms with Gasteiger partial charge in [0.2, 0.25) is 0 Å². The highest BCUT2D eigenvalue weighted by molar-refractivity contribution is 5.87. The molecule has 88 valence electrons. The van der Waals surface area contributed by atoms with Gasteiger partial charge >= 0.3 is 0 Å². The second-order valence-electron chi connectivity index (χ2n) is 4.48. The zero-order chi connectivity index (χ0) is 12.1. The number of hydrogen-bond acceptors (Lipinski definition) is 2. The van der Waals surface area contributed by atoms with E-state index >= 15 is 0 Å². The van der Waals surface area contributed by atoms with Crippen LogP contribution in [0.5, 0.6) is 0 Å². The fraction of sp³-hybridized carbons (Fsp3) is 0.500. The molecular formula is C14H21NO. The van der Waals surface area contributed by atoms with Gasteiger partial charge in [-0.15, -0.1) is 0 Å². The van der Waals surface area contributed by atoms with Crippen molar-refractivity contribution in [1.29, 1.82) is 0 Å². The van der Waals surface area contributed by atoms with Crippen LogP contribution in [0.25, 0.3) is 0 Å². The predicted octanol–water partition coefficient (Wildman–Crippen LogP) is 2.86. The Morgan fingerprint density at radius 2 is 1.94 bits per heavy atom.